The van der Waals surface area contributed by atoms with Gasteiger partial charge in [0.15, 0.2) is 0 Å². The lowest BCUT2D eigenvalue weighted by molar-refractivity contribution is -0.116. The molecule has 0 saturated heterocycles. The van der Waals surface area contributed by atoms with E-state index < -0.39 is 0 Å². The number of rotatable bonds is 7. The molecule has 0 unspecified atom stereocenters. The third-order valence-corrected chi connectivity index (χ3v) is 3.65. The highest BCUT2D eigenvalue weighted by Crippen LogP contribution is 2.27. The molecule has 7 heteroatoms. The van der Waals surface area contributed by atoms with Crippen LogP contribution in [0.15, 0.2) is 42.5 Å². The normalized spacial score (nSPS) is 10.0. The second-order valence-corrected chi connectivity index (χ2v) is 5.64. The minimum atomic E-state index is -0.217. The molecule has 2 amide bonds. The van der Waals surface area contributed by atoms with E-state index >= 15 is 0 Å². The Bertz CT molecular complexity index is 765. The van der Waals surface area contributed by atoms with Crippen LogP contribution in [0.2, 0.25) is 5.02 Å². The fourth-order valence-corrected chi connectivity index (χ4v) is 2.35. The van der Waals surface area contributed by atoms with Crippen LogP contribution in [0.25, 0.3) is 0 Å². The number of ether oxygens (including phenoxy) is 1. The van der Waals surface area contributed by atoms with Crippen molar-refractivity contribution in [3.05, 3.63) is 47.5 Å². The zero-order chi connectivity index (χ0) is 18.2. The Hall–Kier alpha value is -2.73. The molecule has 0 aliphatic rings. The second kappa shape index (κ2) is 8.94. The summed E-state index contributed by atoms with van der Waals surface area (Å²) in [6, 6.07) is 12.2. The quantitative estimate of drug-likeness (QED) is 0.701. The van der Waals surface area contributed by atoms with E-state index in [1.807, 2.05) is 0 Å². The molecule has 0 radical (unpaired) electrons. The van der Waals surface area contributed by atoms with Crippen molar-refractivity contribution in [2.24, 2.45) is 0 Å². The average molecular weight is 362 g/mol. The summed E-state index contributed by atoms with van der Waals surface area (Å²) in [6.45, 7) is 1.85. The van der Waals surface area contributed by atoms with E-state index in [0.29, 0.717) is 34.3 Å². The number of amides is 2. The molecule has 0 aliphatic heterocycles. The van der Waals surface area contributed by atoms with Crippen LogP contribution >= 0.6 is 11.6 Å². The highest BCUT2D eigenvalue weighted by molar-refractivity contribution is 6.32. The van der Waals surface area contributed by atoms with Crippen molar-refractivity contribution in [3.8, 4) is 5.75 Å². The number of carbonyl (C=O) groups is 2. The number of anilines is 3. The first-order valence-electron chi connectivity index (χ1n) is 7.79. The molecule has 0 spiro atoms. The smallest absolute Gasteiger partial charge is 0.243 e. The standard InChI is InChI=1S/C18H20ClN3O3/c1-3-17(23)21-13-5-4-6-14(9-13)22-18(24)11-20-12-7-8-16(25-2)15(19)10-12/h4-10,20H,3,11H2,1-2H3,(H,21,23)(H,22,24). The number of halogens is 1. The summed E-state index contributed by atoms with van der Waals surface area (Å²) in [7, 11) is 1.54. The van der Waals surface area contributed by atoms with Gasteiger partial charge in [0.1, 0.15) is 5.75 Å². The van der Waals surface area contributed by atoms with Crippen LogP contribution in [0, 0.1) is 0 Å². The number of carbonyl (C=O) groups excluding carboxylic acids is 2. The van der Waals surface area contributed by atoms with Gasteiger partial charge in [0.05, 0.1) is 18.7 Å². The van der Waals surface area contributed by atoms with Gasteiger partial charge in [0.25, 0.3) is 0 Å². The monoisotopic (exact) mass is 361 g/mol. The third kappa shape index (κ3) is 5.69. The predicted octanol–water partition coefficient (Wildman–Crippen LogP) is 3.75. The van der Waals surface area contributed by atoms with E-state index in [1.54, 1.807) is 56.5 Å². The number of methoxy groups -OCH3 is 1. The molecule has 2 aromatic rings. The van der Waals surface area contributed by atoms with Gasteiger partial charge < -0.3 is 20.7 Å². The highest BCUT2D eigenvalue weighted by atomic mass is 35.5. The zero-order valence-corrected chi connectivity index (χ0v) is 14.8. The van der Waals surface area contributed by atoms with E-state index in [-0.39, 0.29) is 18.4 Å². The van der Waals surface area contributed by atoms with Crippen LogP contribution in [-0.2, 0) is 9.59 Å². The van der Waals surface area contributed by atoms with E-state index in [2.05, 4.69) is 16.0 Å². The summed E-state index contributed by atoms with van der Waals surface area (Å²) < 4.78 is 5.08. The van der Waals surface area contributed by atoms with Crippen LogP contribution in [0.1, 0.15) is 13.3 Å². The molecule has 0 heterocycles. The molecule has 2 rings (SSSR count). The number of nitrogens with one attached hydrogen (secondary N) is 3. The van der Waals surface area contributed by atoms with E-state index in [4.69, 9.17) is 16.3 Å². The minimum absolute atomic E-state index is 0.0776. The van der Waals surface area contributed by atoms with Gasteiger partial charge in [-0.05, 0) is 36.4 Å². The van der Waals surface area contributed by atoms with Crippen LogP contribution < -0.4 is 20.7 Å². The van der Waals surface area contributed by atoms with Gasteiger partial charge in [0, 0.05) is 23.5 Å². The maximum atomic E-state index is 12.1. The maximum Gasteiger partial charge on any atom is 0.243 e. The predicted molar refractivity (Wildman–Crippen MR) is 100 cm³/mol. The van der Waals surface area contributed by atoms with Crippen LogP contribution in [0.3, 0.4) is 0 Å². The van der Waals surface area contributed by atoms with Gasteiger partial charge in [-0.15, -0.1) is 0 Å². The van der Waals surface area contributed by atoms with Gasteiger partial charge in [-0.1, -0.05) is 24.6 Å². The molecular weight excluding hydrogens is 342 g/mol. The van der Waals surface area contributed by atoms with Crippen LogP contribution in [0.4, 0.5) is 17.1 Å². The Kier molecular flexibility index (Phi) is 6.65. The molecule has 6 nitrogen and oxygen atoms in total. The van der Waals surface area contributed by atoms with Gasteiger partial charge in [0.2, 0.25) is 11.8 Å². The van der Waals surface area contributed by atoms with Gasteiger partial charge in [-0.25, -0.2) is 0 Å². The molecule has 25 heavy (non-hydrogen) atoms. The van der Waals surface area contributed by atoms with Crippen molar-refractivity contribution in [3.63, 3.8) is 0 Å². The molecule has 0 aromatic heterocycles. The number of hydrogen-bond donors (Lipinski definition) is 3. The summed E-state index contributed by atoms with van der Waals surface area (Å²) in [5.74, 6) is 0.273. The Morgan fingerprint density at radius 1 is 1.00 bits per heavy atom. The first kappa shape index (κ1) is 18.6. The van der Waals surface area contributed by atoms with Crippen molar-refractivity contribution >= 4 is 40.5 Å². The molecule has 0 saturated carbocycles. The lowest BCUT2D eigenvalue weighted by Crippen LogP contribution is -2.21. The van der Waals surface area contributed by atoms with Gasteiger partial charge >= 0.3 is 0 Å². The van der Waals surface area contributed by atoms with Crippen molar-refractivity contribution in [2.45, 2.75) is 13.3 Å². The zero-order valence-electron chi connectivity index (χ0n) is 14.1. The summed E-state index contributed by atoms with van der Waals surface area (Å²) in [6.07, 6.45) is 0.394. The lowest BCUT2D eigenvalue weighted by atomic mass is 10.2. The largest absolute Gasteiger partial charge is 0.495 e. The first-order chi connectivity index (χ1) is 12.0. The number of benzene rings is 2. The van der Waals surface area contributed by atoms with Crippen molar-refractivity contribution in [1.29, 1.82) is 0 Å². The molecule has 3 N–H and O–H groups in total. The topological polar surface area (TPSA) is 79.5 Å². The average Bonchev–Trinajstić information content (AvgIpc) is 2.60. The van der Waals surface area contributed by atoms with Crippen LogP contribution in [0.5, 0.6) is 5.75 Å². The molecule has 2 aromatic carbocycles. The Labute approximate surface area is 151 Å². The van der Waals surface area contributed by atoms with E-state index in [0.717, 1.165) is 0 Å². The SMILES string of the molecule is CCC(=O)Nc1cccc(NC(=O)CNc2ccc(OC)c(Cl)c2)c1. The van der Waals surface area contributed by atoms with E-state index in [1.165, 1.54) is 0 Å². The molecule has 0 atom stereocenters. The molecule has 0 bridgehead atoms. The Morgan fingerprint density at radius 3 is 2.28 bits per heavy atom. The van der Waals surface area contributed by atoms with Crippen molar-refractivity contribution in [1.82, 2.24) is 0 Å². The molecule has 0 aliphatic carbocycles. The molecular formula is C18H20ClN3O3. The lowest BCUT2D eigenvalue weighted by Gasteiger charge is -2.10. The van der Waals surface area contributed by atoms with Gasteiger partial charge in [-0.3, -0.25) is 9.59 Å². The highest BCUT2D eigenvalue weighted by Gasteiger charge is 2.06. The maximum absolute atomic E-state index is 12.1. The summed E-state index contributed by atoms with van der Waals surface area (Å²) in [5, 5.41) is 8.97. The number of hydrogen-bond acceptors (Lipinski definition) is 4. The third-order valence-electron chi connectivity index (χ3n) is 3.36. The first-order valence-corrected chi connectivity index (χ1v) is 8.16. The minimum Gasteiger partial charge on any atom is -0.495 e. The summed E-state index contributed by atoms with van der Waals surface area (Å²) in [5.41, 5.74) is 1.96. The molecule has 132 valence electrons. The van der Waals surface area contributed by atoms with E-state index in [9.17, 15) is 9.59 Å². The Morgan fingerprint density at radius 2 is 1.68 bits per heavy atom. The molecule has 0 fully saturated rings. The Balaban J connectivity index is 1.91. The van der Waals surface area contributed by atoms with Crippen LogP contribution in [-0.4, -0.2) is 25.5 Å². The van der Waals surface area contributed by atoms with Crippen molar-refractivity contribution < 1.29 is 14.3 Å². The second-order valence-electron chi connectivity index (χ2n) is 5.23. The van der Waals surface area contributed by atoms with Crippen molar-refractivity contribution in [2.75, 3.05) is 29.6 Å². The van der Waals surface area contributed by atoms with Gasteiger partial charge in [-0.2, -0.15) is 0 Å². The summed E-state index contributed by atoms with van der Waals surface area (Å²) in [4.78, 5) is 23.5. The fraction of sp³-hybridized carbons (Fsp3) is 0.222. The fourth-order valence-electron chi connectivity index (χ4n) is 2.09. The summed E-state index contributed by atoms with van der Waals surface area (Å²) >= 11 is 6.05.